The lowest BCUT2D eigenvalue weighted by molar-refractivity contribution is 0.0688. The van der Waals surface area contributed by atoms with E-state index in [9.17, 15) is 14.3 Å². The molecule has 2 heterocycles. The molecule has 0 aliphatic rings. The Balaban J connectivity index is 2.10. The highest BCUT2D eigenvalue weighted by atomic mass is 19.1. The van der Waals surface area contributed by atoms with E-state index in [0.29, 0.717) is 23.5 Å². The normalized spacial score (nSPS) is 10.8. The first kappa shape index (κ1) is 12.3. The Morgan fingerprint density at radius 2 is 2.00 bits per heavy atom. The van der Waals surface area contributed by atoms with Crippen molar-refractivity contribution in [1.82, 2.24) is 14.6 Å². The lowest BCUT2D eigenvalue weighted by Gasteiger charge is -2.04. The number of nitrogens with zero attached hydrogens (tertiary/aromatic N) is 3. The molecule has 0 bridgehead atoms. The van der Waals surface area contributed by atoms with Gasteiger partial charge < -0.3 is 5.11 Å². The Labute approximate surface area is 113 Å². The van der Waals surface area contributed by atoms with Gasteiger partial charge in [-0.25, -0.2) is 9.18 Å². The molecule has 0 unspecified atom stereocenters. The summed E-state index contributed by atoms with van der Waals surface area (Å²) in [4.78, 5) is 11.2. The number of carboxylic acid groups (broad SMARTS) is 1. The zero-order valence-electron chi connectivity index (χ0n) is 10.3. The Hall–Kier alpha value is -2.76. The number of aromatic nitrogens is 3. The summed E-state index contributed by atoms with van der Waals surface area (Å²) in [6.45, 7) is 0. The van der Waals surface area contributed by atoms with Crippen LogP contribution in [0.1, 0.15) is 21.9 Å². The van der Waals surface area contributed by atoms with Crippen LogP contribution in [0.2, 0.25) is 0 Å². The van der Waals surface area contributed by atoms with Gasteiger partial charge in [0.25, 0.3) is 0 Å². The fourth-order valence-corrected chi connectivity index (χ4v) is 2.11. The van der Waals surface area contributed by atoms with E-state index in [1.165, 1.54) is 22.6 Å². The highest BCUT2D eigenvalue weighted by molar-refractivity contribution is 5.86. The number of benzene rings is 1. The number of aromatic carboxylic acids is 1. The van der Waals surface area contributed by atoms with Crippen LogP contribution >= 0.6 is 0 Å². The Morgan fingerprint density at radius 1 is 1.20 bits per heavy atom. The molecular weight excluding hydrogens is 261 g/mol. The minimum atomic E-state index is -1.06. The summed E-state index contributed by atoms with van der Waals surface area (Å²) in [6.07, 6.45) is 0.309. The number of rotatable bonds is 3. The number of hydrogen-bond acceptors (Lipinski definition) is 3. The van der Waals surface area contributed by atoms with Gasteiger partial charge in [-0.05, 0) is 29.8 Å². The second-order valence-corrected chi connectivity index (χ2v) is 4.33. The van der Waals surface area contributed by atoms with Crippen LogP contribution in [0.3, 0.4) is 0 Å². The second-order valence-electron chi connectivity index (χ2n) is 4.33. The highest BCUT2D eigenvalue weighted by Gasteiger charge is 2.14. The molecule has 0 radical (unpaired) electrons. The summed E-state index contributed by atoms with van der Waals surface area (Å²) in [6, 6.07) is 10.9. The maximum atomic E-state index is 13.2. The molecule has 0 aliphatic carbocycles. The van der Waals surface area contributed by atoms with Crippen LogP contribution in [0, 0.1) is 5.82 Å². The third kappa shape index (κ3) is 2.11. The van der Waals surface area contributed by atoms with Crippen molar-refractivity contribution in [3.63, 3.8) is 0 Å². The molecule has 0 saturated heterocycles. The van der Waals surface area contributed by atoms with Gasteiger partial charge in [0.1, 0.15) is 17.3 Å². The van der Waals surface area contributed by atoms with E-state index in [2.05, 4.69) is 10.2 Å². The van der Waals surface area contributed by atoms with Gasteiger partial charge in [0.05, 0.1) is 0 Å². The minimum absolute atomic E-state index is 0.0823. The Bertz CT molecular complexity index is 798. The fraction of sp³-hybridized carbons (Fsp3) is 0.0714. The standard InChI is InChI=1S/C14H10FN3O2/c15-10-4-1-3-9(7-10)8-13-17-16-12-6-2-5-11(14(19)20)18(12)13/h1-7H,8H2,(H,19,20). The molecule has 3 aromatic rings. The van der Waals surface area contributed by atoms with Crippen molar-refractivity contribution in [3.8, 4) is 0 Å². The smallest absolute Gasteiger partial charge is 0.352 e. The summed E-state index contributed by atoms with van der Waals surface area (Å²) in [5.74, 6) is -0.936. The van der Waals surface area contributed by atoms with Gasteiger partial charge in [-0.2, -0.15) is 0 Å². The van der Waals surface area contributed by atoms with Gasteiger partial charge in [0.15, 0.2) is 5.65 Å². The van der Waals surface area contributed by atoms with E-state index in [1.54, 1.807) is 24.3 Å². The Kier molecular flexibility index (Phi) is 2.90. The quantitative estimate of drug-likeness (QED) is 0.792. The molecule has 100 valence electrons. The first-order valence-corrected chi connectivity index (χ1v) is 5.96. The van der Waals surface area contributed by atoms with Gasteiger partial charge in [0.2, 0.25) is 0 Å². The first-order valence-electron chi connectivity index (χ1n) is 5.96. The molecule has 0 amide bonds. The molecule has 0 atom stereocenters. The van der Waals surface area contributed by atoms with Crippen molar-refractivity contribution in [3.05, 3.63) is 65.4 Å². The van der Waals surface area contributed by atoms with Crippen LogP contribution in [0.4, 0.5) is 4.39 Å². The third-order valence-electron chi connectivity index (χ3n) is 2.97. The average molecular weight is 271 g/mol. The lowest BCUT2D eigenvalue weighted by atomic mass is 10.1. The van der Waals surface area contributed by atoms with Gasteiger partial charge in [-0.3, -0.25) is 4.40 Å². The zero-order chi connectivity index (χ0) is 14.1. The van der Waals surface area contributed by atoms with Gasteiger partial charge in [0, 0.05) is 6.42 Å². The maximum absolute atomic E-state index is 13.2. The number of carbonyl (C=O) groups is 1. The van der Waals surface area contributed by atoms with E-state index >= 15 is 0 Å². The summed E-state index contributed by atoms with van der Waals surface area (Å²) in [7, 11) is 0. The summed E-state index contributed by atoms with van der Waals surface area (Å²) >= 11 is 0. The van der Waals surface area contributed by atoms with Crippen molar-refractivity contribution in [1.29, 1.82) is 0 Å². The topological polar surface area (TPSA) is 67.5 Å². The van der Waals surface area contributed by atoms with E-state index in [1.807, 2.05) is 0 Å². The predicted octanol–water partition coefficient (Wildman–Crippen LogP) is 2.16. The highest BCUT2D eigenvalue weighted by Crippen LogP contribution is 2.13. The van der Waals surface area contributed by atoms with Crippen molar-refractivity contribution >= 4 is 11.6 Å². The lowest BCUT2D eigenvalue weighted by Crippen LogP contribution is -2.08. The van der Waals surface area contributed by atoms with Crippen LogP contribution in [0.15, 0.2) is 42.5 Å². The molecule has 0 aliphatic heterocycles. The summed E-state index contributed by atoms with van der Waals surface area (Å²) in [5, 5.41) is 17.1. The Morgan fingerprint density at radius 3 is 2.75 bits per heavy atom. The molecule has 0 saturated carbocycles. The zero-order valence-corrected chi connectivity index (χ0v) is 10.3. The van der Waals surface area contributed by atoms with Crippen molar-refractivity contribution in [2.75, 3.05) is 0 Å². The van der Waals surface area contributed by atoms with Crippen molar-refractivity contribution < 1.29 is 14.3 Å². The van der Waals surface area contributed by atoms with Crippen LogP contribution in [-0.2, 0) is 6.42 Å². The SMILES string of the molecule is O=C(O)c1cccc2nnc(Cc3cccc(F)c3)n12. The van der Waals surface area contributed by atoms with Gasteiger partial charge >= 0.3 is 5.97 Å². The number of fused-ring (bicyclic) bond motifs is 1. The van der Waals surface area contributed by atoms with Crippen LogP contribution in [0.5, 0.6) is 0 Å². The molecular formula is C14H10FN3O2. The summed E-state index contributed by atoms with van der Waals surface area (Å²) < 4.78 is 14.6. The maximum Gasteiger partial charge on any atom is 0.352 e. The fourth-order valence-electron chi connectivity index (χ4n) is 2.11. The predicted molar refractivity (Wildman–Crippen MR) is 69.2 cm³/mol. The monoisotopic (exact) mass is 271 g/mol. The number of carboxylic acids is 1. The number of halogens is 1. The molecule has 20 heavy (non-hydrogen) atoms. The van der Waals surface area contributed by atoms with E-state index in [-0.39, 0.29) is 11.5 Å². The van der Waals surface area contributed by atoms with Gasteiger partial charge in [-0.1, -0.05) is 18.2 Å². The largest absolute Gasteiger partial charge is 0.477 e. The second kappa shape index (κ2) is 4.73. The molecule has 6 heteroatoms. The van der Waals surface area contributed by atoms with E-state index < -0.39 is 5.97 Å². The van der Waals surface area contributed by atoms with Crippen LogP contribution in [0.25, 0.3) is 5.65 Å². The van der Waals surface area contributed by atoms with Crippen LogP contribution < -0.4 is 0 Å². The molecule has 1 aromatic carbocycles. The number of pyridine rings is 1. The molecule has 0 spiro atoms. The molecule has 5 nitrogen and oxygen atoms in total. The van der Waals surface area contributed by atoms with E-state index in [4.69, 9.17) is 0 Å². The average Bonchev–Trinajstić information content (AvgIpc) is 2.82. The number of hydrogen-bond donors (Lipinski definition) is 1. The minimum Gasteiger partial charge on any atom is -0.477 e. The third-order valence-corrected chi connectivity index (χ3v) is 2.97. The van der Waals surface area contributed by atoms with Gasteiger partial charge in [-0.15, -0.1) is 10.2 Å². The molecule has 2 aromatic heterocycles. The van der Waals surface area contributed by atoms with E-state index in [0.717, 1.165) is 0 Å². The molecule has 3 rings (SSSR count). The first-order chi connectivity index (χ1) is 9.65. The van der Waals surface area contributed by atoms with Crippen molar-refractivity contribution in [2.24, 2.45) is 0 Å². The molecule has 1 N–H and O–H groups in total. The molecule has 0 fully saturated rings. The van der Waals surface area contributed by atoms with Crippen molar-refractivity contribution in [2.45, 2.75) is 6.42 Å². The van der Waals surface area contributed by atoms with Crippen LogP contribution in [-0.4, -0.2) is 25.7 Å². The summed E-state index contributed by atoms with van der Waals surface area (Å²) in [5.41, 5.74) is 1.25.